The summed E-state index contributed by atoms with van der Waals surface area (Å²) in [6.45, 7) is 0.249. The zero-order valence-corrected chi connectivity index (χ0v) is 15.3. The first-order valence-electron chi connectivity index (χ1n) is 7.79. The zero-order valence-electron chi connectivity index (χ0n) is 13.7. The third-order valence-electron chi connectivity index (χ3n) is 4.75. The van der Waals surface area contributed by atoms with Crippen molar-refractivity contribution < 1.29 is 27.6 Å². The molecule has 1 aromatic heterocycles. The Morgan fingerprint density at radius 1 is 1.38 bits per heavy atom. The van der Waals surface area contributed by atoms with Gasteiger partial charge in [-0.1, -0.05) is 0 Å². The van der Waals surface area contributed by atoms with E-state index in [9.17, 15) is 22.9 Å². The van der Waals surface area contributed by atoms with Crippen LogP contribution in [0.1, 0.15) is 20.8 Å². The number of rotatable bonds is 2. The van der Waals surface area contributed by atoms with E-state index >= 15 is 0 Å². The Labute approximate surface area is 153 Å². The molecule has 1 amide bonds. The fourth-order valence-electron chi connectivity index (χ4n) is 3.49. The van der Waals surface area contributed by atoms with Gasteiger partial charge in [0.15, 0.2) is 16.9 Å². The smallest absolute Gasteiger partial charge is 0.288 e. The molecule has 3 heterocycles. The van der Waals surface area contributed by atoms with Crippen LogP contribution in [0.2, 0.25) is 0 Å². The lowest BCUT2D eigenvalue weighted by molar-refractivity contribution is 0.0650. The van der Waals surface area contributed by atoms with Crippen molar-refractivity contribution in [3.05, 3.63) is 39.6 Å². The van der Waals surface area contributed by atoms with Crippen LogP contribution >= 0.6 is 11.3 Å². The van der Waals surface area contributed by atoms with Crippen molar-refractivity contribution >= 4 is 33.0 Å². The topological polar surface area (TPSA) is 116 Å². The summed E-state index contributed by atoms with van der Waals surface area (Å²) in [4.78, 5) is 15.6. The molecule has 2 aliphatic heterocycles. The number of phenolic OH excluding ortho intramolecular Hbond substituents is 1. The maximum Gasteiger partial charge on any atom is 0.288 e. The van der Waals surface area contributed by atoms with E-state index in [0.29, 0.717) is 6.42 Å². The summed E-state index contributed by atoms with van der Waals surface area (Å²) < 4.78 is 38.9. The lowest BCUT2D eigenvalue weighted by Gasteiger charge is -2.37. The van der Waals surface area contributed by atoms with E-state index in [-0.39, 0.29) is 35.2 Å². The summed E-state index contributed by atoms with van der Waals surface area (Å²) in [5.74, 6) is -0.521. The molecule has 8 nitrogen and oxygen atoms in total. The highest BCUT2D eigenvalue weighted by molar-refractivity contribution is 7.86. The number of nitrogens with zero attached hydrogens (tertiary/aromatic N) is 1. The van der Waals surface area contributed by atoms with Gasteiger partial charge in [-0.05, 0) is 23.1 Å². The summed E-state index contributed by atoms with van der Waals surface area (Å²) in [5.41, 5.74) is 1.27. The SMILES string of the molecule is COc1cc2c(cc1O)NC(S(=O)(=O)O)[C@@H]1Cc3sccc3CN1C2=O. The third-order valence-corrected chi connectivity index (χ3v) is 6.81. The van der Waals surface area contributed by atoms with Crippen LogP contribution in [-0.2, 0) is 23.1 Å². The number of hydrogen-bond donors (Lipinski definition) is 3. The highest BCUT2D eigenvalue weighted by atomic mass is 32.2. The number of anilines is 1. The molecule has 2 aromatic rings. The maximum atomic E-state index is 13.1. The highest BCUT2D eigenvalue weighted by Crippen LogP contribution is 2.39. The minimum absolute atomic E-state index is 0.106. The molecule has 0 saturated carbocycles. The first kappa shape index (κ1) is 17.1. The number of ether oxygens (including phenoxy) is 1. The van der Waals surface area contributed by atoms with Gasteiger partial charge in [-0.25, -0.2) is 0 Å². The Bertz CT molecular complexity index is 1000. The highest BCUT2D eigenvalue weighted by Gasteiger charge is 2.45. The van der Waals surface area contributed by atoms with Crippen molar-refractivity contribution in [1.82, 2.24) is 4.90 Å². The average Bonchev–Trinajstić information content (AvgIpc) is 3.00. The standard InChI is InChI=1S/C16H16N2O6S2/c1-24-13-4-9-10(5-12(13)19)17-15(26(21,22)23)11-6-14-8(2-3-25-14)7-18(11)16(9)20/h2-5,11,15,17,19H,6-7H2,1H3,(H,21,22,23)/t11-,15?/m0/s1. The van der Waals surface area contributed by atoms with Crippen molar-refractivity contribution in [3.8, 4) is 11.5 Å². The summed E-state index contributed by atoms with van der Waals surface area (Å²) in [6, 6.07) is 3.73. The summed E-state index contributed by atoms with van der Waals surface area (Å²) in [5, 5.41) is 13.2. The molecule has 26 heavy (non-hydrogen) atoms. The van der Waals surface area contributed by atoms with E-state index in [0.717, 1.165) is 10.4 Å². The van der Waals surface area contributed by atoms with Crippen LogP contribution in [0.5, 0.6) is 11.5 Å². The number of thiophene rings is 1. The van der Waals surface area contributed by atoms with Crippen molar-refractivity contribution in [2.75, 3.05) is 12.4 Å². The number of carbonyl (C=O) groups excluding carboxylic acids is 1. The van der Waals surface area contributed by atoms with Gasteiger partial charge in [0.05, 0.1) is 24.4 Å². The Kier molecular flexibility index (Phi) is 3.86. The molecule has 1 unspecified atom stereocenters. The van der Waals surface area contributed by atoms with Gasteiger partial charge in [0.1, 0.15) is 0 Å². The van der Waals surface area contributed by atoms with E-state index in [4.69, 9.17) is 4.74 Å². The number of hydrogen-bond acceptors (Lipinski definition) is 7. The van der Waals surface area contributed by atoms with Crippen LogP contribution in [0.3, 0.4) is 0 Å². The van der Waals surface area contributed by atoms with E-state index in [1.807, 2.05) is 11.4 Å². The number of phenols is 1. The second-order valence-electron chi connectivity index (χ2n) is 6.22. The Hall–Kier alpha value is -2.30. The van der Waals surface area contributed by atoms with Crippen molar-refractivity contribution in [1.29, 1.82) is 0 Å². The van der Waals surface area contributed by atoms with Crippen molar-refractivity contribution in [2.45, 2.75) is 24.4 Å². The molecule has 1 aromatic carbocycles. The normalized spacial score (nSPS) is 21.9. The molecule has 10 heteroatoms. The molecule has 0 fully saturated rings. The molecule has 2 aliphatic rings. The molecule has 0 radical (unpaired) electrons. The maximum absolute atomic E-state index is 13.1. The first-order chi connectivity index (χ1) is 12.3. The molecule has 2 atom stereocenters. The van der Waals surface area contributed by atoms with Crippen LogP contribution in [0.25, 0.3) is 0 Å². The van der Waals surface area contributed by atoms with E-state index in [1.165, 1.54) is 35.5 Å². The predicted molar refractivity (Wildman–Crippen MR) is 95.3 cm³/mol. The molecule has 3 N–H and O–H groups in total. The second kappa shape index (κ2) is 5.86. The van der Waals surface area contributed by atoms with E-state index in [1.54, 1.807) is 0 Å². The van der Waals surface area contributed by atoms with Gasteiger partial charge in [0.25, 0.3) is 16.0 Å². The van der Waals surface area contributed by atoms with Crippen LogP contribution < -0.4 is 10.1 Å². The Morgan fingerprint density at radius 2 is 2.15 bits per heavy atom. The molecule has 138 valence electrons. The van der Waals surface area contributed by atoms with Crippen LogP contribution in [0.15, 0.2) is 23.6 Å². The number of methoxy groups -OCH3 is 1. The lowest BCUT2D eigenvalue weighted by atomic mass is 10.0. The van der Waals surface area contributed by atoms with Gasteiger partial charge in [-0.3, -0.25) is 9.35 Å². The molecular formula is C16H16N2O6S2. The summed E-state index contributed by atoms with van der Waals surface area (Å²) >= 11 is 1.49. The van der Waals surface area contributed by atoms with E-state index < -0.39 is 21.5 Å². The Morgan fingerprint density at radius 3 is 2.85 bits per heavy atom. The zero-order chi connectivity index (χ0) is 18.6. The molecule has 0 saturated heterocycles. The summed E-state index contributed by atoms with van der Waals surface area (Å²) in [6.07, 6.45) is 0.313. The van der Waals surface area contributed by atoms with Crippen LogP contribution in [0, 0.1) is 0 Å². The number of fused-ring (bicyclic) bond motifs is 3. The number of aromatic hydroxyl groups is 1. The average molecular weight is 396 g/mol. The van der Waals surface area contributed by atoms with Crippen molar-refractivity contribution in [3.63, 3.8) is 0 Å². The summed E-state index contributed by atoms with van der Waals surface area (Å²) in [7, 11) is -3.15. The largest absolute Gasteiger partial charge is 0.504 e. The lowest BCUT2D eigenvalue weighted by Crippen LogP contribution is -2.53. The van der Waals surface area contributed by atoms with Crippen molar-refractivity contribution in [2.24, 2.45) is 0 Å². The quantitative estimate of drug-likeness (QED) is 0.661. The fourth-order valence-corrected chi connectivity index (χ4v) is 5.35. The van der Waals surface area contributed by atoms with Crippen LogP contribution in [0.4, 0.5) is 5.69 Å². The molecule has 0 bridgehead atoms. The third kappa shape index (κ3) is 2.61. The fraction of sp³-hybridized carbons (Fsp3) is 0.312. The van der Waals surface area contributed by atoms with Gasteiger partial charge in [0.2, 0.25) is 0 Å². The predicted octanol–water partition coefficient (Wildman–Crippen LogP) is 1.67. The number of benzene rings is 1. The second-order valence-corrected chi connectivity index (χ2v) is 8.76. The van der Waals surface area contributed by atoms with Gasteiger partial charge < -0.3 is 20.1 Å². The monoisotopic (exact) mass is 396 g/mol. The van der Waals surface area contributed by atoms with E-state index in [2.05, 4.69) is 5.32 Å². The molecule has 0 aliphatic carbocycles. The van der Waals surface area contributed by atoms with Gasteiger partial charge in [0, 0.05) is 23.9 Å². The number of nitrogens with one attached hydrogen (secondary N) is 1. The Balaban J connectivity index is 1.90. The minimum atomic E-state index is -4.51. The first-order valence-corrected chi connectivity index (χ1v) is 10.2. The number of amides is 1. The molecule has 4 rings (SSSR count). The van der Waals surface area contributed by atoms with Gasteiger partial charge in [-0.15, -0.1) is 11.3 Å². The molecular weight excluding hydrogens is 380 g/mol. The number of carbonyl (C=O) groups is 1. The molecule has 0 spiro atoms. The minimum Gasteiger partial charge on any atom is -0.504 e. The van der Waals surface area contributed by atoms with Gasteiger partial charge >= 0.3 is 0 Å². The van der Waals surface area contributed by atoms with Crippen LogP contribution in [-0.4, -0.2) is 47.4 Å². The van der Waals surface area contributed by atoms with Gasteiger partial charge in [-0.2, -0.15) is 8.42 Å².